The summed E-state index contributed by atoms with van der Waals surface area (Å²) in [6, 6.07) is 26.3. The highest BCUT2D eigenvalue weighted by Gasteiger charge is 2.19. The maximum Gasteiger partial charge on any atom is 0.424 e. The molecule has 4 heteroatoms. The third kappa shape index (κ3) is 3.90. The van der Waals surface area contributed by atoms with Crippen LogP contribution < -0.4 is 9.64 Å². The lowest BCUT2D eigenvalue weighted by Gasteiger charge is -2.22. The van der Waals surface area contributed by atoms with E-state index in [1.54, 1.807) is 17.0 Å². The van der Waals surface area contributed by atoms with E-state index in [0.717, 1.165) is 14.9 Å². The van der Waals surface area contributed by atoms with E-state index in [1.807, 2.05) is 72.8 Å². The second kappa shape index (κ2) is 7.28. The Morgan fingerprint density at radius 2 is 1.22 bits per heavy atom. The lowest BCUT2D eigenvalue weighted by atomic mass is 10.2. The van der Waals surface area contributed by atoms with Crippen LogP contribution in [0.1, 0.15) is 0 Å². The summed E-state index contributed by atoms with van der Waals surface area (Å²) in [6.45, 7) is 0. The molecule has 0 spiro atoms. The van der Waals surface area contributed by atoms with Gasteiger partial charge in [-0.3, -0.25) is 0 Å². The van der Waals surface area contributed by atoms with Crippen molar-refractivity contribution in [2.24, 2.45) is 0 Å². The van der Waals surface area contributed by atoms with Gasteiger partial charge in [0.25, 0.3) is 0 Å². The number of para-hydroxylation sites is 2. The third-order valence-electron chi connectivity index (χ3n) is 3.23. The van der Waals surface area contributed by atoms with Crippen LogP contribution in [-0.2, 0) is 0 Å². The molecule has 3 aromatic carbocycles. The molecule has 0 heterocycles. The Balaban J connectivity index is 1.92. The summed E-state index contributed by atoms with van der Waals surface area (Å²) in [4.78, 5) is 14.3. The summed E-state index contributed by atoms with van der Waals surface area (Å²) in [7, 11) is 0. The van der Waals surface area contributed by atoms with E-state index in [1.165, 1.54) is 0 Å². The molecule has 3 aromatic rings. The molecule has 1 amide bonds. The molecular formula is C19H14INO2. The minimum Gasteiger partial charge on any atom is -0.410 e. The number of carbonyl (C=O) groups excluding carboxylic acids is 1. The van der Waals surface area contributed by atoms with Gasteiger partial charge in [0.1, 0.15) is 5.75 Å². The molecule has 114 valence electrons. The van der Waals surface area contributed by atoms with Crippen molar-refractivity contribution < 1.29 is 9.53 Å². The zero-order chi connectivity index (χ0) is 16.1. The molecule has 0 bridgehead atoms. The SMILES string of the molecule is O=C(Oc1ccc(I)cc1)N(c1ccccc1)c1ccccc1. The number of rotatable bonds is 3. The van der Waals surface area contributed by atoms with Gasteiger partial charge < -0.3 is 4.74 Å². The Hall–Kier alpha value is -2.34. The Morgan fingerprint density at radius 3 is 1.70 bits per heavy atom. The molecule has 3 nitrogen and oxygen atoms in total. The van der Waals surface area contributed by atoms with Crippen LogP contribution in [0, 0.1) is 3.57 Å². The first-order chi connectivity index (χ1) is 11.2. The predicted molar refractivity (Wildman–Crippen MR) is 100 cm³/mol. The number of hydrogen-bond donors (Lipinski definition) is 0. The number of benzene rings is 3. The summed E-state index contributed by atoms with van der Waals surface area (Å²) in [5.74, 6) is 0.521. The molecule has 0 aliphatic heterocycles. The number of ether oxygens (including phenoxy) is 1. The highest BCUT2D eigenvalue weighted by molar-refractivity contribution is 14.1. The number of anilines is 2. The van der Waals surface area contributed by atoms with Gasteiger partial charge in [0.15, 0.2) is 0 Å². The molecule has 0 aromatic heterocycles. The molecule has 3 rings (SSSR count). The quantitative estimate of drug-likeness (QED) is 0.519. The summed E-state index contributed by atoms with van der Waals surface area (Å²) < 4.78 is 6.61. The maximum absolute atomic E-state index is 12.7. The van der Waals surface area contributed by atoms with Crippen molar-refractivity contribution in [1.29, 1.82) is 0 Å². The minimum atomic E-state index is -0.441. The molecule has 0 N–H and O–H groups in total. The summed E-state index contributed by atoms with van der Waals surface area (Å²) in [5, 5.41) is 0. The first kappa shape index (κ1) is 15.6. The zero-order valence-corrected chi connectivity index (χ0v) is 14.4. The Kier molecular flexibility index (Phi) is 4.92. The molecule has 0 radical (unpaired) electrons. The second-order valence-electron chi connectivity index (χ2n) is 4.83. The van der Waals surface area contributed by atoms with Crippen molar-refractivity contribution in [3.63, 3.8) is 0 Å². The fourth-order valence-corrected chi connectivity index (χ4v) is 2.52. The van der Waals surface area contributed by atoms with Crippen LogP contribution in [-0.4, -0.2) is 6.09 Å². The van der Waals surface area contributed by atoms with Crippen molar-refractivity contribution in [1.82, 2.24) is 0 Å². The molecule has 0 aliphatic carbocycles. The van der Waals surface area contributed by atoms with E-state index < -0.39 is 6.09 Å². The zero-order valence-electron chi connectivity index (χ0n) is 12.2. The number of halogens is 1. The number of carbonyl (C=O) groups is 1. The monoisotopic (exact) mass is 415 g/mol. The van der Waals surface area contributed by atoms with Gasteiger partial charge in [-0.15, -0.1) is 0 Å². The second-order valence-corrected chi connectivity index (χ2v) is 6.07. The molecule has 0 fully saturated rings. The van der Waals surface area contributed by atoms with Crippen LogP contribution in [0.4, 0.5) is 16.2 Å². The number of amides is 1. The van der Waals surface area contributed by atoms with Gasteiger partial charge >= 0.3 is 6.09 Å². The predicted octanol–water partition coefficient (Wildman–Crippen LogP) is 5.63. The van der Waals surface area contributed by atoms with E-state index in [2.05, 4.69) is 22.6 Å². The van der Waals surface area contributed by atoms with Crippen LogP contribution >= 0.6 is 22.6 Å². The number of nitrogens with zero attached hydrogens (tertiary/aromatic N) is 1. The normalized spacial score (nSPS) is 10.1. The van der Waals surface area contributed by atoms with Gasteiger partial charge in [0.2, 0.25) is 0 Å². The first-order valence-corrected chi connectivity index (χ1v) is 8.19. The molecule has 0 saturated heterocycles. The number of hydrogen-bond acceptors (Lipinski definition) is 2. The smallest absolute Gasteiger partial charge is 0.410 e. The minimum absolute atomic E-state index is 0.441. The van der Waals surface area contributed by atoms with Crippen molar-refractivity contribution in [2.45, 2.75) is 0 Å². The van der Waals surface area contributed by atoms with Crippen LogP contribution in [0.15, 0.2) is 84.9 Å². The average molecular weight is 415 g/mol. The first-order valence-electron chi connectivity index (χ1n) is 7.11. The molecule has 0 saturated carbocycles. The van der Waals surface area contributed by atoms with Gasteiger partial charge in [-0.2, -0.15) is 0 Å². The Labute approximate surface area is 148 Å². The van der Waals surface area contributed by atoms with Crippen LogP contribution in [0.5, 0.6) is 5.75 Å². The Bertz CT molecular complexity index is 734. The van der Waals surface area contributed by atoms with Gasteiger partial charge in [-0.05, 0) is 71.1 Å². The van der Waals surface area contributed by atoms with Crippen molar-refractivity contribution >= 4 is 40.1 Å². The fraction of sp³-hybridized carbons (Fsp3) is 0. The largest absolute Gasteiger partial charge is 0.424 e. The summed E-state index contributed by atoms with van der Waals surface area (Å²) in [5.41, 5.74) is 1.52. The van der Waals surface area contributed by atoms with Crippen LogP contribution in [0.25, 0.3) is 0 Å². The molecule has 23 heavy (non-hydrogen) atoms. The van der Waals surface area contributed by atoms with E-state index in [4.69, 9.17) is 4.74 Å². The van der Waals surface area contributed by atoms with E-state index in [9.17, 15) is 4.79 Å². The average Bonchev–Trinajstić information content (AvgIpc) is 2.59. The molecule has 0 unspecified atom stereocenters. The Morgan fingerprint density at radius 1 is 0.739 bits per heavy atom. The topological polar surface area (TPSA) is 29.5 Å². The van der Waals surface area contributed by atoms with Crippen LogP contribution in [0.2, 0.25) is 0 Å². The van der Waals surface area contributed by atoms with E-state index in [0.29, 0.717) is 5.75 Å². The van der Waals surface area contributed by atoms with Gasteiger partial charge in [-0.1, -0.05) is 36.4 Å². The van der Waals surface area contributed by atoms with Crippen molar-refractivity contribution in [2.75, 3.05) is 4.90 Å². The molecule has 0 atom stereocenters. The van der Waals surface area contributed by atoms with Gasteiger partial charge in [0.05, 0.1) is 11.4 Å². The van der Waals surface area contributed by atoms with Crippen molar-refractivity contribution in [3.8, 4) is 5.75 Å². The third-order valence-corrected chi connectivity index (χ3v) is 3.95. The maximum atomic E-state index is 12.7. The van der Waals surface area contributed by atoms with Crippen LogP contribution in [0.3, 0.4) is 0 Å². The summed E-state index contributed by atoms with van der Waals surface area (Å²) in [6.07, 6.45) is -0.441. The van der Waals surface area contributed by atoms with Gasteiger partial charge in [-0.25, -0.2) is 9.69 Å². The molecular weight excluding hydrogens is 401 g/mol. The lowest BCUT2D eigenvalue weighted by Crippen LogP contribution is -2.29. The highest BCUT2D eigenvalue weighted by atomic mass is 127. The van der Waals surface area contributed by atoms with Crippen molar-refractivity contribution in [3.05, 3.63) is 88.5 Å². The molecule has 0 aliphatic rings. The highest BCUT2D eigenvalue weighted by Crippen LogP contribution is 2.26. The van der Waals surface area contributed by atoms with E-state index in [-0.39, 0.29) is 0 Å². The standard InChI is InChI=1S/C19H14INO2/c20-15-11-13-18(14-12-15)23-19(22)21(16-7-3-1-4-8-16)17-9-5-2-6-10-17/h1-14H. The summed E-state index contributed by atoms with van der Waals surface area (Å²) >= 11 is 2.21. The van der Waals surface area contributed by atoms with E-state index >= 15 is 0 Å². The van der Waals surface area contributed by atoms with Gasteiger partial charge in [0, 0.05) is 3.57 Å². The fourth-order valence-electron chi connectivity index (χ4n) is 2.16. The lowest BCUT2D eigenvalue weighted by molar-refractivity contribution is 0.210.